The topological polar surface area (TPSA) is 110 Å². The number of halogens is 3. The van der Waals surface area contributed by atoms with E-state index < -0.39 is 18.1 Å². The number of hydrogen-bond acceptors (Lipinski definition) is 6. The largest absolute Gasteiger partial charge is 0.384 e. The highest BCUT2D eigenvalue weighted by Gasteiger charge is 2.60. The van der Waals surface area contributed by atoms with Crippen molar-refractivity contribution in [3.05, 3.63) is 65.5 Å². The van der Waals surface area contributed by atoms with Gasteiger partial charge >= 0.3 is 5.92 Å². The van der Waals surface area contributed by atoms with E-state index in [2.05, 4.69) is 61.1 Å². The molecular formula is C27H31F3N8. The van der Waals surface area contributed by atoms with Crippen LogP contribution in [0, 0.1) is 0 Å². The number of nitrogens with one attached hydrogen (secondary N) is 2. The molecule has 4 aromatic rings. The fraction of sp³-hybridized carbons (Fsp3) is 0.481. The Balaban J connectivity index is 1.18. The lowest BCUT2D eigenvalue weighted by molar-refractivity contribution is -0.187. The molecule has 4 N–H and O–H groups in total. The minimum Gasteiger partial charge on any atom is -0.384 e. The van der Waals surface area contributed by atoms with Crippen LogP contribution in [0.4, 0.5) is 19.0 Å². The van der Waals surface area contributed by atoms with E-state index in [9.17, 15) is 13.2 Å². The van der Waals surface area contributed by atoms with Crippen molar-refractivity contribution < 1.29 is 13.2 Å². The first-order valence-electron chi connectivity index (χ1n) is 13.2. The standard InChI is InChI=1S/C27H31F3N8/c28-22-13-23(27(22,29)30)38-15-18(14-33-38)20(21-12-24(31)34-26-25(21)35-37-36-26)10-11-32-19-8-6-17(7-9-19)16-4-2-1-3-5-16/h1-5,12,14-15,17,19-20,22-23,32H,6-11,13H2,(H3,31,34,35,36,37). The molecule has 3 aromatic heterocycles. The maximum absolute atomic E-state index is 14.1. The number of anilines is 1. The first-order valence-corrected chi connectivity index (χ1v) is 13.2. The number of H-pyrrole nitrogens is 1. The molecule has 6 rings (SSSR count). The van der Waals surface area contributed by atoms with Crippen molar-refractivity contribution >= 4 is 17.0 Å². The summed E-state index contributed by atoms with van der Waals surface area (Å²) in [5, 5.41) is 18.9. The minimum absolute atomic E-state index is 0.232. The Bertz CT molecular complexity index is 1380. The normalized spacial score (nSPS) is 25.8. The Morgan fingerprint density at radius 2 is 1.92 bits per heavy atom. The number of rotatable bonds is 8. The van der Waals surface area contributed by atoms with Gasteiger partial charge in [0.25, 0.3) is 0 Å². The van der Waals surface area contributed by atoms with Gasteiger partial charge in [0.2, 0.25) is 5.65 Å². The van der Waals surface area contributed by atoms with Crippen LogP contribution in [0.3, 0.4) is 0 Å². The van der Waals surface area contributed by atoms with Crippen molar-refractivity contribution in [2.75, 3.05) is 12.3 Å². The second kappa shape index (κ2) is 10.0. The molecule has 0 amide bonds. The Kier molecular flexibility index (Phi) is 6.55. The molecule has 0 aliphatic heterocycles. The van der Waals surface area contributed by atoms with Gasteiger partial charge in [0.15, 0.2) is 6.17 Å². The second-order valence-electron chi connectivity index (χ2n) is 10.5. The number of nitrogens with two attached hydrogens (primary N) is 1. The van der Waals surface area contributed by atoms with Crippen LogP contribution in [0.15, 0.2) is 48.8 Å². The maximum atomic E-state index is 14.1. The predicted octanol–water partition coefficient (Wildman–Crippen LogP) is 4.89. The van der Waals surface area contributed by atoms with Crippen molar-refractivity contribution in [1.82, 2.24) is 35.5 Å². The van der Waals surface area contributed by atoms with Gasteiger partial charge in [0.05, 0.1) is 6.20 Å². The van der Waals surface area contributed by atoms with Crippen LogP contribution in [0.2, 0.25) is 0 Å². The molecular weight excluding hydrogens is 493 g/mol. The van der Waals surface area contributed by atoms with Crippen molar-refractivity contribution in [1.29, 1.82) is 0 Å². The predicted molar refractivity (Wildman–Crippen MR) is 138 cm³/mol. The molecule has 0 radical (unpaired) electrons. The number of hydrogen-bond donors (Lipinski definition) is 3. The summed E-state index contributed by atoms with van der Waals surface area (Å²) in [7, 11) is 0. The molecule has 200 valence electrons. The number of pyridine rings is 1. The maximum Gasteiger partial charge on any atom is 0.300 e. The van der Waals surface area contributed by atoms with Crippen LogP contribution in [0.1, 0.15) is 73.1 Å². The van der Waals surface area contributed by atoms with Crippen LogP contribution < -0.4 is 11.1 Å². The Labute approximate surface area is 218 Å². The lowest BCUT2D eigenvalue weighted by Gasteiger charge is -2.39. The first kappa shape index (κ1) is 24.8. The molecule has 2 saturated carbocycles. The van der Waals surface area contributed by atoms with Gasteiger partial charge in [-0.2, -0.15) is 15.4 Å². The summed E-state index contributed by atoms with van der Waals surface area (Å²) in [6.07, 6.45) is 5.95. The van der Waals surface area contributed by atoms with Crippen LogP contribution >= 0.6 is 0 Å². The molecule has 0 bridgehead atoms. The molecule has 11 heteroatoms. The molecule has 2 aliphatic carbocycles. The third-order valence-corrected chi connectivity index (χ3v) is 8.22. The summed E-state index contributed by atoms with van der Waals surface area (Å²) >= 11 is 0. The van der Waals surface area contributed by atoms with E-state index in [0.717, 1.165) is 36.8 Å². The fourth-order valence-corrected chi connectivity index (χ4v) is 5.98. The number of fused-ring (bicyclic) bond motifs is 1. The first-order chi connectivity index (χ1) is 18.4. The molecule has 2 aliphatic rings. The van der Waals surface area contributed by atoms with E-state index in [1.54, 1.807) is 18.5 Å². The van der Waals surface area contributed by atoms with E-state index in [-0.39, 0.29) is 12.3 Å². The van der Waals surface area contributed by atoms with Crippen LogP contribution in [-0.2, 0) is 0 Å². The summed E-state index contributed by atoms with van der Waals surface area (Å²) in [4.78, 5) is 4.24. The lowest BCUT2D eigenvalue weighted by Crippen LogP contribution is -2.51. The third kappa shape index (κ3) is 4.63. The zero-order valence-electron chi connectivity index (χ0n) is 20.9. The highest BCUT2D eigenvalue weighted by atomic mass is 19.3. The molecule has 0 saturated heterocycles. The molecule has 3 unspecified atom stereocenters. The number of aromatic nitrogens is 6. The lowest BCUT2D eigenvalue weighted by atomic mass is 9.81. The quantitative estimate of drug-likeness (QED) is 0.303. The molecule has 0 spiro atoms. The van der Waals surface area contributed by atoms with Gasteiger partial charge in [-0.3, -0.25) is 4.68 Å². The minimum atomic E-state index is -3.42. The van der Waals surface area contributed by atoms with E-state index in [1.165, 1.54) is 10.2 Å². The van der Waals surface area contributed by atoms with E-state index >= 15 is 0 Å². The van der Waals surface area contributed by atoms with E-state index in [4.69, 9.17) is 5.73 Å². The summed E-state index contributed by atoms with van der Waals surface area (Å²) in [6, 6.07) is 11.6. The van der Waals surface area contributed by atoms with E-state index in [0.29, 0.717) is 41.9 Å². The average Bonchev–Trinajstić information content (AvgIpc) is 3.60. The Morgan fingerprint density at radius 3 is 2.66 bits per heavy atom. The number of nitrogens with zero attached hydrogens (tertiary/aromatic N) is 5. The van der Waals surface area contributed by atoms with Crippen molar-refractivity contribution in [2.45, 2.75) is 74.5 Å². The molecule has 8 nitrogen and oxygen atoms in total. The summed E-state index contributed by atoms with van der Waals surface area (Å²) in [5.74, 6) is -2.75. The number of benzene rings is 1. The van der Waals surface area contributed by atoms with Gasteiger partial charge in [-0.25, -0.2) is 18.2 Å². The average molecular weight is 525 g/mol. The molecule has 3 atom stereocenters. The molecule has 2 fully saturated rings. The van der Waals surface area contributed by atoms with Gasteiger partial charge in [-0.05, 0) is 67.3 Å². The van der Waals surface area contributed by atoms with Gasteiger partial charge in [0.1, 0.15) is 17.4 Å². The number of alkyl halides is 3. The monoisotopic (exact) mass is 524 g/mol. The SMILES string of the molecule is Nc1cc(C(CCNC2CCC(c3ccccc3)CC2)c2cnn(C3CC(F)C3(F)F)c2)c2n[nH]nc2n1. The molecule has 38 heavy (non-hydrogen) atoms. The Hall–Kier alpha value is -3.47. The fourth-order valence-electron chi connectivity index (χ4n) is 5.98. The van der Waals surface area contributed by atoms with Gasteiger partial charge in [-0.15, -0.1) is 5.10 Å². The van der Waals surface area contributed by atoms with E-state index in [1.807, 2.05) is 0 Å². The highest BCUT2D eigenvalue weighted by molar-refractivity contribution is 5.77. The van der Waals surface area contributed by atoms with Crippen molar-refractivity contribution in [3.8, 4) is 0 Å². The third-order valence-electron chi connectivity index (χ3n) is 8.22. The highest BCUT2D eigenvalue weighted by Crippen LogP contribution is 2.49. The smallest absolute Gasteiger partial charge is 0.300 e. The zero-order valence-corrected chi connectivity index (χ0v) is 20.9. The summed E-state index contributed by atoms with van der Waals surface area (Å²) < 4.78 is 42.8. The van der Waals surface area contributed by atoms with Crippen molar-refractivity contribution in [3.63, 3.8) is 0 Å². The Morgan fingerprint density at radius 1 is 1.13 bits per heavy atom. The molecule has 3 heterocycles. The van der Waals surface area contributed by atoms with Crippen LogP contribution in [-0.4, -0.2) is 54.9 Å². The summed E-state index contributed by atoms with van der Waals surface area (Å²) in [6.45, 7) is 0.713. The van der Waals surface area contributed by atoms with Crippen LogP contribution in [0.5, 0.6) is 0 Å². The zero-order chi connectivity index (χ0) is 26.3. The van der Waals surface area contributed by atoms with Gasteiger partial charge in [0, 0.05) is 24.6 Å². The summed E-state index contributed by atoms with van der Waals surface area (Å²) in [5.41, 5.74) is 10.0. The van der Waals surface area contributed by atoms with Gasteiger partial charge in [-0.1, -0.05) is 30.3 Å². The van der Waals surface area contributed by atoms with Crippen molar-refractivity contribution in [2.24, 2.45) is 0 Å². The second-order valence-corrected chi connectivity index (χ2v) is 10.5. The van der Waals surface area contributed by atoms with Gasteiger partial charge < -0.3 is 11.1 Å². The molecule has 1 aromatic carbocycles. The number of nitrogen functional groups attached to an aromatic ring is 1. The van der Waals surface area contributed by atoms with Crippen LogP contribution in [0.25, 0.3) is 11.2 Å². The number of aromatic amines is 1.